The predicted molar refractivity (Wildman–Crippen MR) is 83.9 cm³/mol. The monoisotopic (exact) mass is 350 g/mol. The van der Waals surface area contributed by atoms with E-state index in [2.05, 4.69) is 21.2 Å². The lowest BCUT2D eigenvalue weighted by Crippen LogP contribution is -2.21. The summed E-state index contributed by atoms with van der Waals surface area (Å²) in [5, 5.41) is 24.1. The van der Waals surface area contributed by atoms with Crippen molar-refractivity contribution in [3.8, 4) is 0 Å². The second-order valence-corrected chi connectivity index (χ2v) is 5.41. The van der Waals surface area contributed by atoms with E-state index in [1.165, 1.54) is 6.07 Å². The van der Waals surface area contributed by atoms with E-state index in [9.17, 15) is 15.2 Å². The second-order valence-electron chi connectivity index (χ2n) is 4.55. The van der Waals surface area contributed by atoms with E-state index in [1.54, 1.807) is 12.1 Å². The Morgan fingerprint density at radius 2 is 1.90 bits per heavy atom. The van der Waals surface area contributed by atoms with Gasteiger partial charge in [-0.3, -0.25) is 10.1 Å². The number of nitro groups is 1. The Kier molecular flexibility index (Phi) is 5.44. The zero-order chi connectivity index (χ0) is 15.2. The van der Waals surface area contributed by atoms with Gasteiger partial charge in [-0.25, -0.2) is 0 Å². The summed E-state index contributed by atoms with van der Waals surface area (Å²) in [5.41, 5.74) is 1.44. The van der Waals surface area contributed by atoms with Crippen molar-refractivity contribution in [3.05, 3.63) is 74.2 Å². The first-order chi connectivity index (χ1) is 10.1. The van der Waals surface area contributed by atoms with E-state index in [0.717, 1.165) is 5.56 Å². The zero-order valence-corrected chi connectivity index (χ0v) is 12.8. The Balaban J connectivity index is 1.99. The summed E-state index contributed by atoms with van der Waals surface area (Å²) >= 11 is 3.32. The summed E-state index contributed by atoms with van der Waals surface area (Å²) in [5.74, 6) is 0. The largest absolute Gasteiger partial charge is 0.387 e. The summed E-state index contributed by atoms with van der Waals surface area (Å²) in [6.07, 6.45) is -0.646. The van der Waals surface area contributed by atoms with Gasteiger partial charge < -0.3 is 10.4 Å². The first-order valence-electron chi connectivity index (χ1n) is 6.45. The lowest BCUT2D eigenvalue weighted by Gasteiger charge is -2.13. The molecular formula is C15H15BrN2O3. The average Bonchev–Trinajstić information content (AvgIpc) is 2.49. The zero-order valence-electron chi connectivity index (χ0n) is 11.2. The number of aliphatic hydroxyl groups excluding tert-OH is 1. The molecule has 5 nitrogen and oxygen atoms in total. The summed E-state index contributed by atoms with van der Waals surface area (Å²) < 4.78 is 0.679. The third kappa shape index (κ3) is 4.10. The summed E-state index contributed by atoms with van der Waals surface area (Å²) in [4.78, 5) is 10.6. The van der Waals surface area contributed by atoms with Crippen LogP contribution in [0.3, 0.4) is 0 Å². The number of nitro benzene ring substituents is 1. The molecule has 1 atom stereocenters. The van der Waals surface area contributed by atoms with Crippen molar-refractivity contribution in [2.45, 2.75) is 12.6 Å². The highest BCUT2D eigenvalue weighted by molar-refractivity contribution is 9.10. The minimum atomic E-state index is -0.646. The summed E-state index contributed by atoms with van der Waals surface area (Å²) in [7, 11) is 0. The maximum Gasteiger partial charge on any atom is 0.275 e. The van der Waals surface area contributed by atoms with Gasteiger partial charge in [0.2, 0.25) is 0 Å². The third-order valence-electron chi connectivity index (χ3n) is 3.11. The molecule has 0 bridgehead atoms. The fourth-order valence-corrected chi connectivity index (χ4v) is 2.52. The molecule has 110 valence electrons. The lowest BCUT2D eigenvalue weighted by molar-refractivity contribution is -0.385. The van der Waals surface area contributed by atoms with Gasteiger partial charge in [0, 0.05) is 23.6 Å². The van der Waals surface area contributed by atoms with Gasteiger partial charge in [-0.15, -0.1) is 0 Å². The molecule has 0 aromatic heterocycles. The quantitative estimate of drug-likeness (QED) is 0.619. The van der Waals surface area contributed by atoms with Crippen LogP contribution in [0.2, 0.25) is 0 Å². The number of nitrogens with zero attached hydrogens (tertiary/aromatic N) is 1. The molecule has 0 saturated heterocycles. The van der Waals surface area contributed by atoms with E-state index >= 15 is 0 Å². The second kappa shape index (κ2) is 7.31. The van der Waals surface area contributed by atoms with Gasteiger partial charge in [-0.1, -0.05) is 52.3 Å². The third-order valence-corrected chi connectivity index (χ3v) is 3.86. The molecule has 0 radical (unpaired) electrons. The predicted octanol–water partition coefficient (Wildman–Crippen LogP) is 3.18. The minimum Gasteiger partial charge on any atom is -0.387 e. The van der Waals surface area contributed by atoms with Crippen LogP contribution in [-0.4, -0.2) is 16.6 Å². The van der Waals surface area contributed by atoms with Crippen molar-refractivity contribution in [2.75, 3.05) is 6.54 Å². The maximum atomic E-state index is 11.0. The van der Waals surface area contributed by atoms with Crippen molar-refractivity contribution in [1.82, 2.24) is 5.32 Å². The van der Waals surface area contributed by atoms with Gasteiger partial charge in [0.25, 0.3) is 5.69 Å². The van der Waals surface area contributed by atoms with Gasteiger partial charge in [-0.05, 0) is 11.6 Å². The van der Waals surface area contributed by atoms with Crippen LogP contribution in [0.15, 0.2) is 53.0 Å². The van der Waals surface area contributed by atoms with Gasteiger partial charge in [0.1, 0.15) is 0 Å². The molecule has 2 rings (SSSR count). The van der Waals surface area contributed by atoms with E-state index in [-0.39, 0.29) is 5.69 Å². The van der Waals surface area contributed by atoms with Crippen molar-refractivity contribution in [1.29, 1.82) is 0 Å². The van der Waals surface area contributed by atoms with Crippen LogP contribution < -0.4 is 5.32 Å². The molecule has 2 aromatic carbocycles. The Labute approximate surface area is 130 Å². The minimum absolute atomic E-state index is 0.0612. The number of aliphatic hydroxyl groups is 1. The average molecular weight is 351 g/mol. The highest BCUT2D eigenvalue weighted by Crippen LogP contribution is 2.26. The van der Waals surface area contributed by atoms with Crippen molar-refractivity contribution < 1.29 is 10.0 Å². The number of benzene rings is 2. The van der Waals surface area contributed by atoms with Gasteiger partial charge >= 0.3 is 0 Å². The number of rotatable bonds is 6. The molecule has 2 aromatic rings. The maximum absolute atomic E-state index is 11.0. The molecule has 0 aliphatic carbocycles. The van der Waals surface area contributed by atoms with Crippen molar-refractivity contribution in [2.24, 2.45) is 0 Å². The molecule has 0 aliphatic rings. The normalized spacial score (nSPS) is 12.1. The summed E-state index contributed by atoms with van der Waals surface area (Å²) in [6, 6.07) is 14.1. The van der Waals surface area contributed by atoms with Gasteiger partial charge in [0.05, 0.1) is 16.6 Å². The van der Waals surface area contributed by atoms with Crippen LogP contribution in [0.25, 0.3) is 0 Å². The number of nitrogens with one attached hydrogen (secondary N) is 1. The fourth-order valence-electron chi connectivity index (χ4n) is 2.02. The van der Waals surface area contributed by atoms with Crippen molar-refractivity contribution in [3.63, 3.8) is 0 Å². The highest BCUT2D eigenvalue weighted by atomic mass is 79.9. The fraction of sp³-hybridized carbons (Fsp3) is 0.200. The Hall–Kier alpha value is -1.76. The lowest BCUT2D eigenvalue weighted by atomic mass is 10.1. The Morgan fingerprint density at radius 3 is 2.57 bits per heavy atom. The molecule has 0 fully saturated rings. The highest BCUT2D eigenvalue weighted by Gasteiger charge is 2.16. The first kappa shape index (κ1) is 15.6. The smallest absolute Gasteiger partial charge is 0.275 e. The SMILES string of the molecule is O=[N+]([O-])c1cccc(Br)c1CNCC(O)c1ccccc1. The van der Waals surface area contributed by atoms with Crippen LogP contribution in [0.4, 0.5) is 5.69 Å². The van der Waals surface area contributed by atoms with Crippen LogP contribution in [0.1, 0.15) is 17.2 Å². The molecule has 0 aliphatic heterocycles. The molecule has 2 N–H and O–H groups in total. The van der Waals surface area contributed by atoms with Crippen LogP contribution >= 0.6 is 15.9 Å². The Morgan fingerprint density at radius 1 is 1.19 bits per heavy atom. The van der Waals surface area contributed by atoms with E-state index in [0.29, 0.717) is 23.1 Å². The van der Waals surface area contributed by atoms with Crippen molar-refractivity contribution >= 4 is 21.6 Å². The molecule has 0 saturated carbocycles. The number of hydrogen-bond donors (Lipinski definition) is 2. The van der Waals surface area contributed by atoms with Gasteiger partial charge in [0.15, 0.2) is 0 Å². The molecule has 21 heavy (non-hydrogen) atoms. The van der Waals surface area contributed by atoms with Crippen LogP contribution in [0.5, 0.6) is 0 Å². The summed E-state index contributed by atoms with van der Waals surface area (Å²) in [6.45, 7) is 0.629. The topological polar surface area (TPSA) is 75.4 Å². The molecular weight excluding hydrogens is 336 g/mol. The standard InChI is InChI=1S/C15H15BrN2O3/c16-13-7-4-8-14(18(20)21)12(13)9-17-10-15(19)11-5-2-1-3-6-11/h1-8,15,17,19H,9-10H2. The van der Waals surface area contributed by atoms with Crippen LogP contribution in [-0.2, 0) is 6.54 Å². The Bertz CT molecular complexity index is 620. The molecule has 1 unspecified atom stereocenters. The van der Waals surface area contributed by atoms with E-state index in [1.807, 2.05) is 30.3 Å². The molecule has 0 amide bonds. The van der Waals surface area contributed by atoms with E-state index < -0.39 is 11.0 Å². The molecule has 0 heterocycles. The van der Waals surface area contributed by atoms with Gasteiger partial charge in [-0.2, -0.15) is 0 Å². The molecule has 0 spiro atoms. The number of hydrogen-bond acceptors (Lipinski definition) is 4. The molecule has 6 heteroatoms. The van der Waals surface area contributed by atoms with Crippen LogP contribution in [0, 0.1) is 10.1 Å². The number of halogens is 1. The van der Waals surface area contributed by atoms with E-state index in [4.69, 9.17) is 0 Å². The first-order valence-corrected chi connectivity index (χ1v) is 7.24.